The third kappa shape index (κ3) is 3.14. The summed E-state index contributed by atoms with van der Waals surface area (Å²) in [6.07, 6.45) is 1.03. The Hall–Kier alpha value is -2.70. The molecule has 0 radical (unpaired) electrons. The van der Waals surface area contributed by atoms with Gasteiger partial charge in [0.15, 0.2) is 5.82 Å². The van der Waals surface area contributed by atoms with Gasteiger partial charge in [-0.15, -0.1) is 0 Å². The zero-order valence-corrected chi connectivity index (χ0v) is 13.7. The minimum Gasteiger partial charge on any atom is -0.507 e. The second-order valence-corrected chi connectivity index (χ2v) is 6.26. The van der Waals surface area contributed by atoms with Gasteiger partial charge in [0, 0.05) is 18.0 Å². The Morgan fingerprint density at radius 2 is 2.04 bits per heavy atom. The SMILES string of the molecule is OCc1ccc2c(N[C@H]3CCNC3)nc(-c3ccccc3O)nc2c1. The van der Waals surface area contributed by atoms with Crippen molar-refractivity contribution in [1.82, 2.24) is 15.3 Å². The van der Waals surface area contributed by atoms with Gasteiger partial charge in [0.2, 0.25) is 0 Å². The number of para-hydroxylation sites is 1. The molecule has 1 aliphatic heterocycles. The van der Waals surface area contributed by atoms with E-state index in [2.05, 4.69) is 20.6 Å². The summed E-state index contributed by atoms with van der Waals surface area (Å²) in [5.74, 6) is 1.37. The number of benzene rings is 2. The van der Waals surface area contributed by atoms with E-state index < -0.39 is 0 Å². The number of anilines is 1. The van der Waals surface area contributed by atoms with E-state index in [9.17, 15) is 10.2 Å². The molecule has 3 aromatic rings. The maximum Gasteiger partial charge on any atom is 0.165 e. The first-order chi connectivity index (χ1) is 12.2. The fourth-order valence-electron chi connectivity index (χ4n) is 3.14. The van der Waals surface area contributed by atoms with E-state index in [0.29, 0.717) is 17.4 Å². The summed E-state index contributed by atoms with van der Waals surface area (Å²) in [7, 11) is 0. The largest absolute Gasteiger partial charge is 0.507 e. The number of hydrogen-bond acceptors (Lipinski definition) is 6. The number of phenols is 1. The zero-order valence-electron chi connectivity index (χ0n) is 13.7. The first-order valence-corrected chi connectivity index (χ1v) is 8.42. The average molecular weight is 336 g/mol. The number of aromatic nitrogens is 2. The van der Waals surface area contributed by atoms with Gasteiger partial charge in [0.25, 0.3) is 0 Å². The van der Waals surface area contributed by atoms with Crippen LogP contribution in [0.3, 0.4) is 0 Å². The van der Waals surface area contributed by atoms with Crippen molar-refractivity contribution in [2.45, 2.75) is 19.1 Å². The molecule has 0 spiro atoms. The summed E-state index contributed by atoms with van der Waals surface area (Å²) in [6, 6.07) is 13.0. The Morgan fingerprint density at radius 3 is 2.80 bits per heavy atom. The lowest BCUT2D eigenvalue weighted by molar-refractivity contribution is 0.282. The van der Waals surface area contributed by atoms with Crippen LogP contribution in [0.1, 0.15) is 12.0 Å². The standard InChI is InChI=1S/C19H20N4O2/c24-11-12-5-6-14-16(9-12)22-19(15-3-1-2-4-17(15)25)23-18(14)21-13-7-8-20-10-13/h1-6,9,13,20,24-25H,7-8,10-11H2,(H,21,22,23)/t13-/m0/s1. The van der Waals surface area contributed by atoms with Crippen molar-refractivity contribution in [3.8, 4) is 17.1 Å². The van der Waals surface area contributed by atoms with Gasteiger partial charge >= 0.3 is 0 Å². The highest BCUT2D eigenvalue weighted by atomic mass is 16.3. The predicted octanol–water partition coefficient (Wildman–Crippen LogP) is 2.27. The van der Waals surface area contributed by atoms with Crippen molar-refractivity contribution < 1.29 is 10.2 Å². The maximum atomic E-state index is 10.2. The molecular weight excluding hydrogens is 316 g/mol. The second-order valence-electron chi connectivity index (χ2n) is 6.26. The van der Waals surface area contributed by atoms with E-state index in [1.165, 1.54) is 0 Å². The number of rotatable bonds is 4. The number of aromatic hydroxyl groups is 1. The number of nitrogens with zero attached hydrogens (tertiary/aromatic N) is 2. The van der Waals surface area contributed by atoms with E-state index in [-0.39, 0.29) is 12.4 Å². The normalized spacial score (nSPS) is 17.1. The molecule has 1 atom stereocenters. The molecule has 2 heterocycles. The number of aliphatic hydroxyl groups excluding tert-OH is 1. The number of hydrogen-bond donors (Lipinski definition) is 4. The van der Waals surface area contributed by atoms with Crippen LogP contribution in [0.15, 0.2) is 42.5 Å². The fraction of sp³-hybridized carbons (Fsp3) is 0.263. The minimum absolute atomic E-state index is 0.0405. The van der Waals surface area contributed by atoms with Crippen molar-refractivity contribution in [1.29, 1.82) is 0 Å². The van der Waals surface area contributed by atoms with Crippen LogP contribution >= 0.6 is 0 Å². The molecule has 0 bridgehead atoms. The van der Waals surface area contributed by atoms with Crippen molar-refractivity contribution in [3.05, 3.63) is 48.0 Å². The van der Waals surface area contributed by atoms with E-state index >= 15 is 0 Å². The van der Waals surface area contributed by atoms with Gasteiger partial charge in [0.05, 0.1) is 17.7 Å². The molecule has 25 heavy (non-hydrogen) atoms. The third-order valence-corrected chi connectivity index (χ3v) is 4.49. The van der Waals surface area contributed by atoms with Crippen LogP contribution in [0.5, 0.6) is 5.75 Å². The second kappa shape index (κ2) is 6.66. The molecule has 4 rings (SSSR count). The van der Waals surface area contributed by atoms with Crippen LogP contribution in [0.4, 0.5) is 5.82 Å². The van der Waals surface area contributed by atoms with Crippen LogP contribution in [-0.2, 0) is 6.61 Å². The Kier molecular flexibility index (Phi) is 4.21. The van der Waals surface area contributed by atoms with Crippen molar-refractivity contribution in [2.75, 3.05) is 18.4 Å². The minimum atomic E-state index is -0.0405. The maximum absolute atomic E-state index is 10.2. The molecule has 0 amide bonds. The predicted molar refractivity (Wildman–Crippen MR) is 97.5 cm³/mol. The molecule has 1 fully saturated rings. The van der Waals surface area contributed by atoms with Gasteiger partial charge < -0.3 is 20.8 Å². The van der Waals surface area contributed by atoms with Gasteiger partial charge in [0.1, 0.15) is 11.6 Å². The molecule has 128 valence electrons. The summed E-state index contributed by atoms with van der Waals surface area (Å²) in [5, 5.41) is 27.3. The Balaban J connectivity index is 1.86. The number of phenolic OH excluding ortho intramolecular Hbond substituents is 1. The van der Waals surface area contributed by atoms with E-state index in [1.807, 2.05) is 24.3 Å². The molecule has 1 aliphatic rings. The fourth-order valence-corrected chi connectivity index (χ4v) is 3.14. The Bertz CT molecular complexity index is 907. The van der Waals surface area contributed by atoms with Crippen LogP contribution in [0, 0.1) is 0 Å². The van der Waals surface area contributed by atoms with Crippen molar-refractivity contribution in [3.63, 3.8) is 0 Å². The molecule has 0 saturated carbocycles. The number of aliphatic hydroxyl groups is 1. The van der Waals surface area contributed by atoms with Gasteiger partial charge in [-0.25, -0.2) is 9.97 Å². The molecule has 1 saturated heterocycles. The van der Waals surface area contributed by atoms with E-state index in [4.69, 9.17) is 0 Å². The topological polar surface area (TPSA) is 90.3 Å². The highest BCUT2D eigenvalue weighted by Gasteiger charge is 2.18. The number of nitrogens with one attached hydrogen (secondary N) is 2. The Labute approximate surface area is 145 Å². The first-order valence-electron chi connectivity index (χ1n) is 8.42. The molecule has 1 aromatic heterocycles. The highest BCUT2D eigenvalue weighted by Crippen LogP contribution is 2.30. The first kappa shape index (κ1) is 15.8. The lowest BCUT2D eigenvalue weighted by atomic mass is 10.1. The Morgan fingerprint density at radius 1 is 1.16 bits per heavy atom. The van der Waals surface area contributed by atoms with Crippen molar-refractivity contribution in [2.24, 2.45) is 0 Å². The molecule has 0 unspecified atom stereocenters. The molecule has 6 nitrogen and oxygen atoms in total. The molecular formula is C19H20N4O2. The zero-order chi connectivity index (χ0) is 17.2. The van der Waals surface area contributed by atoms with Crippen LogP contribution in [0.2, 0.25) is 0 Å². The van der Waals surface area contributed by atoms with Gasteiger partial charge in [-0.2, -0.15) is 0 Å². The molecule has 6 heteroatoms. The summed E-state index contributed by atoms with van der Waals surface area (Å²) < 4.78 is 0. The summed E-state index contributed by atoms with van der Waals surface area (Å²) in [4.78, 5) is 9.29. The summed E-state index contributed by atoms with van der Waals surface area (Å²) in [6.45, 7) is 1.84. The lowest BCUT2D eigenvalue weighted by Gasteiger charge is -2.16. The third-order valence-electron chi connectivity index (χ3n) is 4.49. The van der Waals surface area contributed by atoms with Crippen LogP contribution in [-0.4, -0.2) is 39.3 Å². The van der Waals surface area contributed by atoms with Gasteiger partial charge in [-0.3, -0.25) is 0 Å². The average Bonchev–Trinajstić information content (AvgIpc) is 3.14. The lowest BCUT2D eigenvalue weighted by Crippen LogP contribution is -2.23. The van der Waals surface area contributed by atoms with Crippen LogP contribution in [0.25, 0.3) is 22.3 Å². The van der Waals surface area contributed by atoms with Gasteiger partial charge in [-0.05, 0) is 42.8 Å². The number of fused-ring (bicyclic) bond motifs is 1. The van der Waals surface area contributed by atoms with E-state index in [1.54, 1.807) is 18.2 Å². The molecule has 2 aromatic carbocycles. The van der Waals surface area contributed by atoms with Gasteiger partial charge in [-0.1, -0.05) is 18.2 Å². The smallest absolute Gasteiger partial charge is 0.165 e. The molecule has 0 aliphatic carbocycles. The summed E-state index contributed by atoms with van der Waals surface area (Å²) in [5.41, 5.74) is 2.13. The molecule has 4 N–H and O–H groups in total. The highest BCUT2D eigenvalue weighted by molar-refractivity contribution is 5.91. The monoisotopic (exact) mass is 336 g/mol. The quantitative estimate of drug-likeness (QED) is 0.584. The van der Waals surface area contributed by atoms with E-state index in [0.717, 1.165) is 41.8 Å². The van der Waals surface area contributed by atoms with Crippen molar-refractivity contribution >= 4 is 16.7 Å². The van der Waals surface area contributed by atoms with Crippen LogP contribution < -0.4 is 10.6 Å². The summed E-state index contributed by atoms with van der Waals surface area (Å²) >= 11 is 0.